The number of pyridine rings is 1. The molecule has 0 radical (unpaired) electrons. The number of piperazine rings is 1. The standard InChI is InChI=1S/C20H26N6O/c27-19(13-16-5-1-2-6-16)24-17-14-22-20(23-15-17)26-11-9-25(10-12-26)18-7-3-4-8-21-18/h3-4,7-8,14-16H,1-2,5-6,9-13H2,(H,24,27). The lowest BCUT2D eigenvalue weighted by atomic mass is 10.0. The summed E-state index contributed by atoms with van der Waals surface area (Å²) < 4.78 is 0. The first kappa shape index (κ1) is 17.7. The van der Waals surface area contributed by atoms with Gasteiger partial charge < -0.3 is 15.1 Å². The van der Waals surface area contributed by atoms with E-state index in [1.165, 1.54) is 25.7 Å². The summed E-state index contributed by atoms with van der Waals surface area (Å²) in [5.74, 6) is 2.34. The topological polar surface area (TPSA) is 74.2 Å². The molecule has 1 N–H and O–H groups in total. The van der Waals surface area contributed by atoms with Crippen LogP contribution in [0.3, 0.4) is 0 Å². The van der Waals surface area contributed by atoms with Gasteiger partial charge in [-0.25, -0.2) is 15.0 Å². The van der Waals surface area contributed by atoms with Gasteiger partial charge in [-0.2, -0.15) is 0 Å². The highest BCUT2D eigenvalue weighted by molar-refractivity contribution is 5.90. The molecule has 0 unspecified atom stereocenters. The van der Waals surface area contributed by atoms with E-state index in [9.17, 15) is 4.79 Å². The van der Waals surface area contributed by atoms with Crippen LogP contribution in [0.15, 0.2) is 36.8 Å². The Balaban J connectivity index is 1.28. The molecular formula is C20H26N6O. The number of carbonyl (C=O) groups is 1. The molecule has 7 heteroatoms. The maximum atomic E-state index is 12.1. The van der Waals surface area contributed by atoms with Crippen molar-refractivity contribution in [3.8, 4) is 0 Å². The number of hydrogen-bond acceptors (Lipinski definition) is 6. The van der Waals surface area contributed by atoms with E-state index in [1.54, 1.807) is 12.4 Å². The lowest BCUT2D eigenvalue weighted by Crippen LogP contribution is -2.47. The highest BCUT2D eigenvalue weighted by Gasteiger charge is 2.21. The van der Waals surface area contributed by atoms with Gasteiger partial charge in [-0.15, -0.1) is 0 Å². The lowest BCUT2D eigenvalue weighted by molar-refractivity contribution is -0.117. The fourth-order valence-corrected chi connectivity index (χ4v) is 3.91. The van der Waals surface area contributed by atoms with Crippen LogP contribution >= 0.6 is 0 Å². The summed E-state index contributed by atoms with van der Waals surface area (Å²) in [5.41, 5.74) is 0.675. The summed E-state index contributed by atoms with van der Waals surface area (Å²) in [5, 5.41) is 2.93. The van der Waals surface area contributed by atoms with Crippen LogP contribution in [0.2, 0.25) is 0 Å². The van der Waals surface area contributed by atoms with Crippen molar-refractivity contribution in [2.45, 2.75) is 32.1 Å². The van der Waals surface area contributed by atoms with Gasteiger partial charge in [0.15, 0.2) is 0 Å². The fourth-order valence-electron chi connectivity index (χ4n) is 3.91. The molecule has 1 aliphatic carbocycles. The van der Waals surface area contributed by atoms with Crippen molar-refractivity contribution in [1.29, 1.82) is 0 Å². The highest BCUT2D eigenvalue weighted by Crippen LogP contribution is 2.27. The van der Waals surface area contributed by atoms with Gasteiger partial charge in [0, 0.05) is 38.8 Å². The van der Waals surface area contributed by atoms with Gasteiger partial charge in [0.2, 0.25) is 11.9 Å². The Bertz CT molecular complexity index is 737. The average molecular weight is 366 g/mol. The van der Waals surface area contributed by atoms with Gasteiger partial charge in [0.1, 0.15) is 5.82 Å². The lowest BCUT2D eigenvalue weighted by Gasteiger charge is -2.35. The quantitative estimate of drug-likeness (QED) is 0.877. The normalized spacial score (nSPS) is 17.9. The minimum atomic E-state index is 0.0715. The molecule has 27 heavy (non-hydrogen) atoms. The van der Waals surface area contributed by atoms with E-state index in [0.29, 0.717) is 24.0 Å². The second kappa shape index (κ2) is 8.33. The van der Waals surface area contributed by atoms with Crippen molar-refractivity contribution >= 4 is 23.4 Å². The van der Waals surface area contributed by atoms with E-state index in [1.807, 2.05) is 24.4 Å². The Morgan fingerprint density at radius 2 is 1.70 bits per heavy atom. The number of amides is 1. The zero-order valence-corrected chi connectivity index (χ0v) is 15.5. The summed E-state index contributed by atoms with van der Waals surface area (Å²) in [4.78, 5) is 29.9. The smallest absolute Gasteiger partial charge is 0.225 e. The molecule has 1 aliphatic heterocycles. The molecule has 142 valence electrons. The van der Waals surface area contributed by atoms with Crippen molar-refractivity contribution in [3.05, 3.63) is 36.8 Å². The maximum Gasteiger partial charge on any atom is 0.225 e. The van der Waals surface area contributed by atoms with E-state index in [-0.39, 0.29) is 5.91 Å². The first-order valence-corrected chi connectivity index (χ1v) is 9.81. The van der Waals surface area contributed by atoms with Gasteiger partial charge in [-0.05, 0) is 30.9 Å². The van der Waals surface area contributed by atoms with Crippen LogP contribution < -0.4 is 15.1 Å². The zero-order chi connectivity index (χ0) is 18.5. The van der Waals surface area contributed by atoms with Crippen LogP contribution in [0.4, 0.5) is 17.5 Å². The van der Waals surface area contributed by atoms with Gasteiger partial charge in [0.25, 0.3) is 0 Å². The number of hydrogen-bond donors (Lipinski definition) is 1. The number of carbonyl (C=O) groups excluding carboxylic acids is 1. The Hall–Kier alpha value is -2.70. The molecule has 1 amide bonds. The molecular weight excluding hydrogens is 340 g/mol. The molecule has 2 aliphatic rings. The summed E-state index contributed by atoms with van der Waals surface area (Å²) in [6.45, 7) is 3.48. The van der Waals surface area contributed by atoms with E-state index >= 15 is 0 Å². The van der Waals surface area contributed by atoms with Crippen LogP contribution in [-0.4, -0.2) is 47.0 Å². The van der Waals surface area contributed by atoms with Crippen molar-refractivity contribution in [3.63, 3.8) is 0 Å². The molecule has 4 rings (SSSR count). The second-order valence-corrected chi connectivity index (χ2v) is 7.34. The maximum absolute atomic E-state index is 12.1. The van der Waals surface area contributed by atoms with Crippen molar-refractivity contribution < 1.29 is 4.79 Å². The van der Waals surface area contributed by atoms with E-state index in [0.717, 1.165) is 32.0 Å². The van der Waals surface area contributed by atoms with Gasteiger partial charge >= 0.3 is 0 Å². The first-order chi connectivity index (χ1) is 13.3. The Morgan fingerprint density at radius 3 is 2.37 bits per heavy atom. The van der Waals surface area contributed by atoms with Crippen molar-refractivity contribution in [2.24, 2.45) is 5.92 Å². The molecule has 0 bridgehead atoms. The predicted octanol–water partition coefficient (Wildman–Crippen LogP) is 2.72. The molecule has 0 atom stereocenters. The van der Waals surface area contributed by atoms with E-state index in [4.69, 9.17) is 0 Å². The van der Waals surface area contributed by atoms with Crippen molar-refractivity contribution in [1.82, 2.24) is 15.0 Å². The van der Waals surface area contributed by atoms with Crippen LogP contribution in [0, 0.1) is 5.92 Å². The second-order valence-electron chi connectivity index (χ2n) is 7.34. The third-order valence-electron chi connectivity index (χ3n) is 5.41. The van der Waals surface area contributed by atoms with Crippen LogP contribution in [-0.2, 0) is 4.79 Å². The minimum absolute atomic E-state index is 0.0715. The molecule has 1 saturated carbocycles. The fraction of sp³-hybridized carbons (Fsp3) is 0.500. The molecule has 0 spiro atoms. The molecule has 3 heterocycles. The largest absolute Gasteiger partial charge is 0.353 e. The average Bonchev–Trinajstić information content (AvgIpc) is 3.22. The summed E-state index contributed by atoms with van der Waals surface area (Å²) in [6, 6.07) is 5.98. The third-order valence-corrected chi connectivity index (χ3v) is 5.41. The number of aromatic nitrogens is 3. The number of anilines is 3. The number of rotatable bonds is 5. The summed E-state index contributed by atoms with van der Waals surface area (Å²) in [6.07, 6.45) is 10.7. The number of nitrogens with zero attached hydrogens (tertiary/aromatic N) is 5. The Kier molecular flexibility index (Phi) is 5.46. The monoisotopic (exact) mass is 366 g/mol. The van der Waals surface area contributed by atoms with E-state index in [2.05, 4.69) is 30.1 Å². The number of nitrogens with one attached hydrogen (secondary N) is 1. The SMILES string of the molecule is O=C(CC1CCCC1)Nc1cnc(N2CCN(c3ccccn3)CC2)nc1. The Morgan fingerprint density at radius 1 is 1.00 bits per heavy atom. The van der Waals surface area contributed by atoms with Crippen LogP contribution in [0.25, 0.3) is 0 Å². The molecule has 0 aromatic carbocycles. The molecule has 1 saturated heterocycles. The zero-order valence-electron chi connectivity index (χ0n) is 15.5. The third kappa shape index (κ3) is 4.53. The highest BCUT2D eigenvalue weighted by atomic mass is 16.1. The molecule has 2 aromatic rings. The van der Waals surface area contributed by atoms with Gasteiger partial charge in [-0.3, -0.25) is 4.79 Å². The Labute approximate surface area is 159 Å². The molecule has 7 nitrogen and oxygen atoms in total. The predicted molar refractivity (Wildman–Crippen MR) is 106 cm³/mol. The van der Waals surface area contributed by atoms with E-state index < -0.39 is 0 Å². The van der Waals surface area contributed by atoms with Gasteiger partial charge in [-0.1, -0.05) is 18.9 Å². The van der Waals surface area contributed by atoms with Gasteiger partial charge in [0.05, 0.1) is 18.1 Å². The minimum Gasteiger partial charge on any atom is -0.353 e. The first-order valence-electron chi connectivity index (χ1n) is 9.81. The molecule has 2 aromatic heterocycles. The van der Waals surface area contributed by atoms with Crippen LogP contribution in [0.1, 0.15) is 32.1 Å². The molecule has 2 fully saturated rings. The summed E-state index contributed by atoms with van der Waals surface area (Å²) in [7, 11) is 0. The van der Waals surface area contributed by atoms with Crippen LogP contribution in [0.5, 0.6) is 0 Å². The summed E-state index contributed by atoms with van der Waals surface area (Å²) >= 11 is 0. The van der Waals surface area contributed by atoms with Crippen molar-refractivity contribution in [2.75, 3.05) is 41.3 Å².